The Morgan fingerprint density at radius 2 is 1.97 bits per heavy atom. The van der Waals surface area contributed by atoms with Gasteiger partial charge in [-0.25, -0.2) is 0 Å². The van der Waals surface area contributed by atoms with Gasteiger partial charge in [0.15, 0.2) is 0 Å². The molecule has 1 aliphatic rings. The number of benzene rings is 2. The van der Waals surface area contributed by atoms with Crippen LogP contribution in [-0.4, -0.2) is 48.9 Å². The third-order valence-electron chi connectivity index (χ3n) is 5.42. The van der Waals surface area contributed by atoms with E-state index in [2.05, 4.69) is 5.32 Å². The largest absolute Gasteiger partial charge is 0.497 e. The first-order valence-electron chi connectivity index (χ1n) is 9.90. The van der Waals surface area contributed by atoms with E-state index in [1.807, 2.05) is 12.1 Å². The van der Waals surface area contributed by atoms with Gasteiger partial charge in [0.2, 0.25) is 5.91 Å². The Bertz CT molecular complexity index is 1010. The molecule has 3 rings (SSSR count). The van der Waals surface area contributed by atoms with Gasteiger partial charge in [-0.15, -0.1) is 0 Å². The van der Waals surface area contributed by atoms with E-state index in [-0.39, 0.29) is 29.7 Å². The molecule has 0 radical (unpaired) electrons. The van der Waals surface area contributed by atoms with E-state index in [4.69, 9.17) is 9.47 Å². The van der Waals surface area contributed by atoms with Crippen LogP contribution in [0.25, 0.3) is 0 Å². The van der Waals surface area contributed by atoms with E-state index in [0.717, 1.165) is 18.4 Å². The topological polar surface area (TPSA) is 111 Å². The average molecular weight is 427 g/mol. The van der Waals surface area contributed by atoms with E-state index in [0.29, 0.717) is 23.6 Å². The molecule has 31 heavy (non-hydrogen) atoms. The summed E-state index contributed by atoms with van der Waals surface area (Å²) in [7, 11) is 3.16. The number of hydrogen-bond donors (Lipinski definition) is 1. The Kier molecular flexibility index (Phi) is 6.74. The second-order valence-corrected chi connectivity index (χ2v) is 7.29. The number of aryl methyl sites for hydroxylation is 1. The molecule has 1 N–H and O–H groups in total. The number of rotatable bonds is 7. The first kappa shape index (κ1) is 22.1. The van der Waals surface area contributed by atoms with Crippen LogP contribution < -0.4 is 14.8 Å². The summed E-state index contributed by atoms with van der Waals surface area (Å²) in [6, 6.07) is 9.42. The Hall–Kier alpha value is -3.62. The molecule has 1 unspecified atom stereocenters. The smallest absolute Gasteiger partial charge is 0.272 e. The Morgan fingerprint density at radius 3 is 2.61 bits per heavy atom. The monoisotopic (exact) mass is 427 g/mol. The van der Waals surface area contributed by atoms with E-state index < -0.39 is 10.8 Å². The highest BCUT2D eigenvalue weighted by molar-refractivity contribution is 5.97. The number of carbonyl (C=O) groups excluding carboxylic acids is 2. The molecule has 9 heteroatoms. The molecular formula is C22H25N3O6. The lowest BCUT2D eigenvalue weighted by Crippen LogP contribution is -2.40. The van der Waals surface area contributed by atoms with Crippen molar-refractivity contribution < 1.29 is 24.0 Å². The van der Waals surface area contributed by atoms with E-state index >= 15 is 0 Å². The Balaban J connectivity index is 1.70. The number of amides is 2. The summed E-state index contributed by atoms with van der Waals surface area (Å²) in [6.07, 6.45) is 1.62. The number of hydrogen-bond acceptors (Lipinski definition) is 6. The van der Waals surface area contributed by atoms with Gasteiger partial charge in [-0.3, -0.25) is 19.7 Å². The van der Waals surface area contributed by atoms with Crippen molar-refractivity contribution in [1.29, 1.82) is 0 Å². The first-order chi connectivity index (χ1) is 14.8. The van der Waals surface area contributed by atoms with Crippen LogP contribution in [0.1, 0.15) is 40.4 Å². The van der Waals surface area contributed by atoms with Crippen LogP contribution in [0.3, 0.4) is 0 Å². The van der Waals surface area contributed by atoms with Crippen LogP contribution in [-0.2, 0) is 4.79 Å². The maximum atomic E-state index is 12.9. The Morgan fingerprint density at radius 1 is 1.19 bits per heavy atom. The molecule has 0 aromatic heterocycles. The second-order valence-electron chi connectivity index (χ2n) is 7.29. The lowest BCUT2D eigenvalue weighted by molar-refractivity contribution is -0.385. The molecule has 0 saturated carbocycles. The molecule has 1 atom stereocenters. The van der Waals surface area contributed by atoms with Crippen molar-refractivity contribution in [3.63, 3.8) is 0 Å². The van der Waals surface area contributed by atoms with Crippen LogP contribution in [0.5, 0.6) is 11.5 Å². The maximum Gasteiger partial charge on any atom is 0.272 e. The molecular weight excluding hydrogens is 402 g/mol. The number of nitro groups is 1. The molecule has 1 aliphatic heterocycles. The molecule has 164 valence electrons. The lowest BCUT2D eigenvalue weighted by atomic mass is 10.0. The first-order valence-corrected chi connectivity index (χ1v) is 9.90. The number of nitrogens with one attached hydrogen (secondary N) is 1. The van der Waals surface area contributed by atoms with E-state index in [1.165, 1.54) is 18.2 Å². The van der Waals surface area contributed by atoms with E-state index in [1.54, 1.807) is 32.1 Å². The van der Waals surface area contributed by atoms with Crippen LogP contribution in [0.2, 0.25) is 0 Å². The fourth-order valence-corrected chi connectivity index (χ4v) is 3.85. The third-order valence-corrected chi connectivity index (χ3v) is 5.42. The molecule has 0 aliphatic carbocycles. The van der Waals surface area contributed by atoms with Gasteiger partial charge >= 0.3 is 0 Å². The minimum absolute atomic E-state index is 0.0558. The lowest BCUT2D eigenvalue weighted by Gasteiger charge is -2.27. The summed E-state index contributed by atoms with van der Waals surface area (Å²) in [5, 5.41) is 13.6. The van der Waals surface area contributed by atoms with Gasteiger partial charge in [-0.2, -0.15) is 0 Å². The number of nitrogens with zero attached hydrogens (tertiary/aromatic N) is 2. The summed E-state index contributed by atoms with van der Waals surface area (Å²) < 4.78 is 10.8. The molecule has 2 aromatic carbocycles. The van der Waals surface area contributed by atoms with Gasteiger partial charge in [0.05, 0.1) is 31.7 Å². The van der Waals surface area contributed by atoms with Gasteiger partial charge in [0.1, 0.15) is 11.5 Å². The average Bonchev–Trinajstić information content (AvgIpc) is 3.26. The standard InChI is InChI=1S/C22H25N3O6/c1-14-11-15(6-8-18(14)25(28)29)22(27)23-13-21(26)24-10-4-5-19(24)17-12-16(30-2)7-9-20(17)31-3/h6-9,11-12,19H,4-5,10,13H2,1-3H3,(H,23,27). The molecule has 9 nitrogen and oxygen atoms in total. The fourth-order valence-electron chi connectivity index (χ4n) is 3.85. The van der Waals surface area contributed by atoms with Crippen LogP contribution in [0.15, 0.2) is 36.4 Å². The van der Waals surface area contributed by atoms with Crippen molar-refractivity contribution in [1.82, 2.24) is 10.2 Å². The summed E-state index contributed by atoms with van der Waals surface area (Å²) >= 11 is 0. The number of methoxy groups -OCH3 is 2. The Labute approximate surface area is 180 Å². The van der Waals surface area contributed by atoms with Crippen molar-refractivity contribution in [3.05, 3.63) is 63.2 Å². The number of nitro benzene ring substituents is 1. The predicted molar refractivity (Wildman–Crippen MR) is 113 cm³/mol. The number of likely N-dealkylation sites (tertiary alicyclic amines) is 1. The van der Waals surface area contributed by atoms with Crippen molar-refractivity contribution in [2.24, 2.45) is 0 Å². The van der Waals surface area contributed by atoms with Crippen LogP contribution >= 0.6 is 0 Å². The quantitative estimate of drug-likeness (QED) is 0.537. The molecule has 0 bridgehead atoms. The second kappa shape index (κ2) is 9.46. The molecule has 0 spiro atoms. The van der Waals surface area contributed by atoms with Crippen molar-refractivity contribution >= 4 is 17.5 Å². The van der Waals surface area contributed by atoms with Gasteiger partial charge in [-0.1, -0.05) is 0 Å². The van der Waals surface area contributed by atoms with Crippen molar-refractivity contribution in [2.45, 2.75) is 25.8 Å². The summed E-state index contributed by atoms with van der Waals surface area (Å²) in [6.45, 7) is 1.98. The highest BCUT2D eigenvalue weighted by atomic mass is 16.6. The molecule has 1 saturated heterocycles. The summed E-state index contributed by atoms with van der Waals surface area (Å²) in [5.74, 6) is 0.688. The normalized spacial score (nSPS) is 15.5. The van der Waals surface area contributed by atoms with E-state index in [9.17, 15) is 19.7 Å². The zero-order valence-electron chi connectivity index (χ0n) is 17.7. The zero-order chi connectivity index (χ0) is 22.5. The molecule has 2 amide bonds. The molecule has 1 fully saturated rings. The van der Waals surface area contributed by atoms with Gasteiger partial charge in [0.25, 0.3) is 11.6 Å². The fraction of sp³-hybridized carbons (Fsp3) is 0.364. The SMILES string of the molecule is COc1ccc(OC)c(C2CCCN2C(=O)CNC(=O)c2ccc([N+](=O)[O-])c(C)c2)c1. The minimum Gasteiger partial charge on any atom is -0.497 e. The van der Waals surface area contributed by atoms with Gasteiger partial charge < -0.3 is 19.7 Å². The summed E-state index contributed by atoms with van der Waals surface area (Å²) in [5.41, 5.74) is 1.46. The molecule has 1 heterocycles. The number of carbonyl (C=O) groups is 2. The third kappa shape index (κ3) is 4.76. The van der Waals surface area contributed by atoms with Gasteiger partial charge in [-0.05, 0) is 50.1 Å². The molecule has 2 aromatic rings. The van der Waals surface area contributed by atoms with Crippen molar-refractivity contribution in [3.8, 4) is 11.5 Å². The van der Waals surface area contributed by atoms with Gasteiger partial charge in [0, 0.05) is 29.3 Å². The maximum absolute atomic E-state index is 12.9. The minimum atomic E-state index is -0.499. The highest BCUT2D eigenvalue weighted by Gasteiger charge is 2.32. The predicted octanol–water partition coefficient (Wildman–Crippen LogP) is 3.01. The number of ether oxygens (including phenoxy) is 2. The zero-order valence-corrected chi connectivity index (χ0v) is 17.7. The van der Waals surface area contributed by atoms with Crippen LogP contribution in [0, 0.1) is 17.0 Å². The highest BCUT2D eigenvalue weighted by Crippen LogP contribution is 2.38. The van der Waals surface area contributed by atoms with Crippen molar-refractivity contribution in [2.75, 3.05) is 27.3 Å². The summed E-state index contributed by atoms with van der Waals surface area (Å²) in [4.78, 5) is 37.5. The van der Waals surface area contributed by atoms with Crippen LogP contribution in [0.4, 0.5) is 5.69 Å².